The molecule has 0 fully saturated rings. The Morgan fingerprint density at radius 3 is 2.67 bits per heavy atom. The highest BCUT2D eigenvalue weighted by Gasteiger charge is 2.15. The van der Waals surface area contributed by atoms with Gasteiger partial charge in [-0.2, -0.15) is 4.98 Å². The van der Waals surface area contributed by atoms with Gasteiger partial charge in [-0.3, -0.25) is 4.79 Å². The average molecular weight is 456 g/mol. The molecule has 176 valence electrons. The predicted molar refractivity (Wildman–Crippen MR) is 126 cm³/mol. The molecular weight excluding hydrogens is 426 g/mol. The number of hydrogen-bond donors (Lipinski definition) is 4. The summed E-state index contributed by atoms with van der Waals surface area (Å²) in [6, 6.07) is 6.83. The van der Waals surface area contributed by atoms with Crippen molar-refractivity contribution >= 4 is 34.9 Å². The first-order valence-electron chi connectivity index (χ1n) is 10.6. The monoisotopic (exact) mass is 455 g/mol. The molecule has 0 saturated heterocycles. The van der Waals surface area contributed by atoms with Gasteiger partial charge in [-0.05, 0) is 38.0 Å². The zero-order valence-electron chi connectivity index (χ0n) is 18.7. The summed E-state index contributed by atoms with van der Waals surface area (Å²) in [7, 11) is 0. The molecule has 0 aliphatic rings. The van der Waals surface area contributed by atoms with E-state index in [1.54, 1.807) is 18.2 Å². The molecule has 0 aliphatic heterocycles. The molecule has 3 aromatic rings. The van der Waals surface area contributed by atoms with E-state index < -0.39 is 11.7 Å². The lowest BCUT2D eigenvalue weighted by atomic mass is 10.1. The number of aldehydes is 1. The number of nitrogen functional groups attached to an aromatic ring is 1. The van der Waals surface area contributed by atoms with Gasteiger partial charge in [-0.25, -0.2) is 9.78 Å². The lowest BCUT2D eigenvalue weighted by Crippen LogP contribution is -2.29. The van der Waals surface area contributed by atoms with Gasteiger partial charge in [0.05, 0.1) is 6.04 Å². The van der Waals surface area contributed by atoms with Gasteiger partial charge in [0.2, 0.25) is 11.9 Å². The van der Waals surface area contributed by atoms with Crippen molar-refractivity contribution in [3.8, 4) is 5.75 Å². The number of unbranched alkanes of at least 4 members (excludes halogenated alkanes) is 2. The highest BCUT2D eigenvalue weighted by atomic mass is 16.4. The largest absolute Gasteiger partial charge is 0.508 e. The van der Waals surface area contributed by atoms with Crippen molar-refractivity contribution in [3.63, 3.8) is 0 Å². The molecule has 2 aromatic heterocycles. The first-order valence-corrected chi connectivity index (χ1v) is 10.6. The smallest absolute Gasteiger partial charge is 0.336 e. The minimum absolute atomic E-state index is 0.0825. The number of nitrogens with one attached hydrogen (secondary N) is 1. The fraction of sp³-hybridized carbons (Fsp3) is 0.348. The Bertz CT molecular complexity index is 1160. The Balaban J connectivity index is 0.000000268. The number of hydrogen-bond acceptors (Lipinski definition) is 9. The van der Waals surface area contributed by atoms with Crippen LogP contribution in [-0.4, -0.2) is 33.3 Å². The van der Waals surface area contributed by atoms with E-state index in [9.17, 15) is 14.4 Å². The molecule has 10 heteroatoms. The highest BCUT2D eigenvalue weighted by molar-refractivity contribution is 5.92. The van der Waals surface area contributed by atoms with Gasteiger partial charge >= 0.3 is 5.63 Å². The maximum Gasteiger partial charge on any atom is 0.336 e. The van der Waals surface area contributed by atoms with E-state index >= 15 is 0 Å². The summed E-state index contributed by atoms with van der Waals surface area (Å²) in [4.78, 5) is 41.3. The third-order valence-electron chi connectivity index (χ3n) is 4.72. The molecule has 33 heavy (non-hydrogen) atoms. The molecule has 0 saturated carbocycles. The number of anilines is 2. The second-order valence-corrected chi connectivity index (χ2v) is 7.48. The fourth-order valence-corrected chi connectivity index (χ4v) is 3.07. The number of phenolic OH excluding ortho intramolecular Hbond substituents is 1. The zero-order valence-corrected chi connectivity index (χ0v) is 18.7. The number of nitrogens with two attached hydrogens (primary N) is 2. The molecule has 1 amide bonds. The third-order valence-corrected chi connectivity index (χ3v) is 4.72. The van der Waals surface area contributed by atoms with Crippen LogP contribution >= 0.6 is 0 Å². The van der Waals surface area contributed by atoms with Crippen LogP contribution in [0.2, 0.25) is 0 Å². The van der Waals surface area contributed by atoms with Crippen molar-refractivity contribution in [2.75, 3.05) is 11.1 Å². The van der Waals surface area contributed by atoms with E-state index in [-0.39, 0.29) is 24.0 Å². The van der Waals surface area contributed by atoms with Gasteiger partial charge in [0, 0.05) is 35.2 Å². The molecule has 6 N–H and O–H groups in total. The number of aromatic nitrogens is 2. The number of phenols is 1. The van der Waals surface area contributed by atoms with Crippen molar-refractivity contribution in [1.29, 1.82) is 0 Å². The lowest BCUT2D eigenvalue weighted by molar-refractivity contribution is -0.118. The van der Waals surface area contributed by atoms with Crippen molar-refractivity contribution in [3.05, 3.63) is 52.0 Å². The Morgan fingerprint density at radius 2 is 1.97 bits per heavy atom. The molecule has 0 bridgehead atoms. The Morgan fingerprint density at radius 1 is 1.24 bits per heavy atom. The summed E-state index contributed by atoms with van der Waals surface area (Å²) in [6.07, 6.45) is 4.41. The first-order chi connectivity index (χ1) is 15.7. The van der Waals surface area contributed by atoms with E-state index in [1.165, 1.54) is 12.1 Å². The summed E-state index contributed by atoms with van der Waals surface area (Å²) in [5, 5.41) is 12.5. The van der Waals surface area contributed by atoms with Crippen LogP contribution in [0.1, 0.15) is 43.9 Å². The van der Waals surface area contributed by atoms with Gasteiger partial charge < -0.3 is 31.1 Å². The normalized spacial score (nSPS) is 11.4. The maximum atomic E-state index is 11.8. The highest BCUT2D eigenvalue weighted by Crippen LogP contribution is 2.20. The minimum Gasteiger partial charge on any atom is -0.508 e. The molecule has 0 radical (unpaired) electrons. The SMILES string of the molecule is CCCCCc1c(C)nc(N)nc1NC(=O)CC(N)C=O.O=c1ccc2ccc(O)cc2o1. The number of carbonyl (C=O) groups excluding carboxylic acids is 2. The van der Waals surface area contributed by atoms with Crippen LogP contribution in [-0.2, 0) is 16.0 Å². The van der Waals surface area contributed by atoms with Crippen LogP contribution in [0.15, 0.2) is 39.5 Å². The minimum atomic E-state index is -0.811. The van der Waals surface area contributed by atoms with E-state index in [0.29, 0.717) is 17.7 Å². The number of rotatable bonds is 8. The summed E-state index contributed by atoms with van der Waals surface area (Å²) < 4.78 is 4.83. The number of fused-ring (bicyclic) bond motifs is 1. The van der Waals surface area contributed by atoms with Crippen molar-refractivity contribution in [2.45, 2.75) is 52.0 Å². The summed E-state index contributed by atoms with van der Waals surface area (Å²) >= 11 is 0. The molecular formula is C23H29N5O5. The first kappa shape index (κ1) is 25.5. The second-order valence-electron chi connectivity index (χ2n) is 7.48. The number of amides is 1. The summed E-state index contributed by atoms with van der Waals surface area (Å²) in [5.41, 5.74) is 12.7. The Labute approximate surface area is 191 Å². The number of carbonyl (C=O) groups is 2. The van der Waals surface area contributed by atoms with Crippen LogP contribution in [0.5, 0.6) is 5.75 Å². The van der Waals surface area contributed by atoms with Gasteiger partial charge in [-0.1, -0.05) is 19.8 Å². The Kier molecular flexibility index (Phi) is 9.49. The fourth-order valence-electron chi connectivity index (χ4n) is 3.07. The van der Waals surface area contributed by atoms with Gasteiger partial charge in [0.15, 0.2) is 0 Å². The number of benzene rings is 1. The molecule has 1 unspecified atom stereocenters. The second kappa shape index (κ2) is 12.3. The molecule has 1 atom stereocenters. The standard InChI is InChI=1S/C14H23N5O2.C9H6O3/c1-3-4-5-6-11-9(2)17-14(16)19-13(11)18-12(21)7-10(15)8-20;10-7-3-1-6-2-4-9(11)12-8(6)5-7/h8,10H,3-7,15H2,1-2H3,(H3,16,17,18,19,21);1-5,10H. The molecule has 3 rings (SSSR count). The quantitative estimate of drug-likeness (QED) is 0.226. The molecule has 0 spiro atoms. The molecule has 0 aliphatic carbocycles. The van der Waals surface area contributed by atoms with E-state index in [1.807, 2.05) is 6.92 Å². The summed E-state index contributed by atoms with van der Waals surface area (Å²) in [5.74, 6) is 0.265. The van der Waals surface area contributed by atoms with Crippen LogP contribution in [0.3, 0.4) is 0 Å². The summed E-state index contributed by atoms with van der Waals surface area (Å²) in [6.45, 7) is 3.96. The Hall–Kier alpha value is -3.79. The van der Waals surface area contributed by atoms with Crippen LogP contribution in [0.4, 0.5) is 11.8 Å². The molecule has 10 nitrogen and oxygen atoms in total. The number of aromatic hydroxyl groups is 1. The average Bonchev–Trinajstić information content (AvgIpc) is 2.75. The lowest BCUT2D eigenvalue weighted by Gasteiger charge is -2.13. The van der Waals surface area contributed by atoms with Gasteiger partial charge in [-0.15, -0.1) is 0 Å². The van der Waals surface area contributed by atoms with Crippen molar-refractivity contribution in [1.82, 2.24) is 9.97 Å². The van der Waals surface area contributed by atoms with Crippen molar-refractivity contribution < 1.29 is 19.1 Å². The van der Waals surface area contributed by atoms with E-state index in [2.05, 4.69) is 22.2 Å². The van der Waals surface area contributed by atoms with Gasteiger partial charge in [0.25, 0.3) is 0 Å². The van der Waals surface area contributed by atoms with Crippen LogP contribution in [0, 0.1) is 6.92 Å². The van der Waals surface area contributed by atoms with Crippen LogP contribution in [0.25, 0.3) is 11.0 Å². The number of nitrogens with zero attached hydrogens (tertiary/aromatic N) is 2. The van der Waals surface area contributed by atoms with Gasteiger partial charge in [0.1, 0.15) is 23.4 Å². The predicted octanol–water partition coefficient (Wildman–Crippen LogP) is 2.45. The zero-order chi connectivity index (χ0) is 24.4. The van der Waals surface area contributed by atoms with Crippen molar-refractivity contribution in [2.24, 2.45) is 5.73 Å². The molecule has 1 aromatic carbocycles. The maximum absolute atomic E-state index is 11.8. The topological polar surface area (TPSA) is 174 Å². The van der Waals surface area contributed by atoms with Crippen LogP contribution < -0.4 is 22.4 Å². The van der Waals surface area contributed by atoms with E-state index in [4.69, 9.17) is 21.0 Å². The molecule has 2 heterocycles. The number of aryl methyl sites for hydroxylation is 1. The third kappa shape index (κ3) is 8.00. The van der Waals surface area contributed by atoms with E-state index in [0.717, 1.165) is 42.3 Å².